The van der Waals surface area contributed by atoms with Crippen molar-refractivity contribution >= 4 is 39.9 Å². The molecule has 142 valence electrons. The van der Waals surface area contributed by atoms with Crippen LogP contribution in [0.1, 0.15) is 11.1 Å². The molecule has 0 amide bonds. The highest BCUT2D eigenvalue weighted by molar-refractivity contribution is 6.43. The fourth-order valence-electron chi connectivity index (χ4n) is 2.95. The summed E-state index contributed by atoms with van der Waals surface area (Å²) in [5.41, 5.74) is 8.88. The number of fused-ring (bicyclic) bond motifs is 1. The summed E-state index contributed by atoms with van der Waals surface area (Å²) in [5, 5.41) is 21.7. The molecule has 0 saturated carbocycles. The van der Waals surface area contributed by atoms with Crippen molar-refractivity contribution in [2.45, 2.75) is 6.54 Å². The molecule has 1 aromatic heterocycles. The fourth-order valence-corrected chi connectivity index (χ4v) is 3.12. The summed E-state index contributed by atoms with van der Waals surface area (Å²) in [5.74, 6) is -1.22. The molecule has 0 aliphatic heterocycles. The first-order valence-electron chi connectivity index (χ1n) is 8.26. The highest BCUT2D eigenvalue weighted by Gasteiger charge is 2.16. The second kappa shape index (κ2) is 8.06. The zero-order chi connectivity index (χ0) is 20.3. The normalized spacial score (nSPS) is 11.4. The Morgan fingerprint density at radius 2 is 2.07 bits per heavy atom. The number of methoxy groups -OCH3 is 1. The predicted octanol–water partition coefficient (Wildman–Crippen LogP) is 4.83. The SMILES string of the molecule is COc1ccccc1Cn1cc(C(O)=CC(=O)C(=N)N=N)c2cc(Cl)ccc21. The molecular weight excluding hydrogens is 380 g/mol. The van der Waals surface area contributed by atoms with Crippen molar-refractivity contribution in [3.63, 3.8) is 0 Å². The molecule has 0 aliphatic rings. The van der Waals surface area contributed by atoms with Crippen LogP contribution < -0.4 is 4.74 Å². The van der Waals surface area contributed by atoms with Crippen LogP contribution >= 0.6 is 11.6 Å². The van der Waals surface area contributed by atoms with Gasteiger partial charge in [-0.2, -0.15) is 0 Å². The number of aromatic nitrogens is 1. The lowest BCUT2D eigenvalue weighted by Gasteiger charge is -2.10. The number of para-hydroxylation sites is 1. The van der Waals surface area contributed by atoms with E-state index in [0.717, 1.165) is 22.9 Å². The number of halogens is 1. The van der Waals surface area contributed by atoms with Gasteiger partial charge in [0.2, 0.25) is 11.6 Å². The van der Waals surface area contributed by atoms with Gasteiger partial charge in [0, 0.05) is 39.3 Å². The Morgan fingerprint density at radius 1 is 1.32 bits per heavy atom. The summed E-state index contributed by atoms with van der Waals surface area (Å²) >= 11 is 6.12. The molecule has 3 N–H and O–H groups in total. The number of ether oxygens (including phenoxy) is 1. The van der Waals surface area contributed by atoms with Crippen molar-refractivity contribution in [1.29, 1.82) is 10.9 Å². The number of nitrogens with one attached hydrogen (secondary N) is 2. The number of amidine groups is 1. The molecule has 0 radical (unpaired) electrons. The van der Waals surface area contributed by atoms with E-state index in [1.165, 1.54) is 0 Å². The van der Waals surface area contributed by atoms with Gasteiger partial charge in [-0.15, -0.1) is 5.11 Å². The number of nitrogens with zero attached hydrogens (tertiary/aromatic N) is 2. The largest absolute Gasteiger partial charge is 0.507 e. The summed E-state index contributed by atoms with van der Waals surface area (Å²) < 4.78 is 7.31. The fraction of sp³-hybridized carbons (Fsp3) is 0.100. The summed E-state index contributed by atoms with van der Waals surface area (Å²) in [6.07, 6.45) is 2.58. The van der Waals surface area contributed by atoms with Crippen LogP contribution in [0, 0.1) is 10.9 Å². The lowest BCUT2D eigenvalue weighted by atomic mass is 10.1. The van der Waals surface area contributed by atoms with Gasteiger partial charge in [-0.1, -0.05) is 29.8 Å². The van der Waals surface area contributed by atoms with Crippen molar-refractivity contribution in [3.8, 4) is 5.75 Å². The molecule has 8 heteroatoms. The van der Waals surface area contributed by atoms with Gasteiger partial charge < -0.3 is 14.4 Å². The van der Waals surface area contributed by atoms with Crippen molar-refractivity contribution in [3.05, 3.63) is 70.9 Å². The van der Waals surface area contributed by atoms with E-state index >= 15 is 0 Å². The van der Waals surface area contributed by atoms with E-state index < -0.39 is 11.6 Å². The molecular formula is C20H17ClN4O3. The molecule has 0 unspecified atom stereocenters. The van der Waals surface area contributed by atoms with Gasteiger partial charge in [-0.3, -0.25) is 10.2 Å². The number of benzene rings is 2. The number of ketones is 1. The number of aliphatic hydroxyl groups excluding tert-OH is 1. The zero-order valence-electron chi connectivity index (χ0n) is 14.9. The topological polar surface area (TPSA) is 112 Å². The Morgan fingerprint density at radius 3 is 2.79 bits per heavy atom. The maximum atomic E-state index is 11.8. The van der Waals surface area contributed by atoms with Crippen LogP contribution in [0.2, 0.25) is 5.02 Å². The average Bonchev–Trinajstić information content (AvgIpc) is 3.05. The lowest BCUT2D eigenvalue weighted by molar-refractivity contribution is -0.109. The Bertz CT molecular complexity index is 1120. The van der Waals surface area contributed by atoms with Crippen LogP contribution in [0.15, 0.2) is 59.9 Å². The van der Waals surface area contributed by atoms with Gasteiger partial charge in [0.25, 0.3) is 0 Å². The molecule has 28 heavy (non-hydrogen) atoms. The average molecular weight is 397 g/mol. The number of hydrogen-bond donors (Lipinski definition) is 3. The summed E-state index contributed by atoms with van der Waals surface area (Å²) in [6.45, 7) is 0.473. The highest BCUT2D eigenvalue weighted by atomic mass is 35.5. The predicted molar refractivity (Wildman–Crippen MR) is 108 cm³/mol. The molecule has 0 spiro atoms. The summed E-state index contributed by atoms with van der Waals surface area (Å²) in [4.78, 5) is 11.8. The van der Waals surface area contributed by atoms with Crippen molar-refractivity contribution in [1.82, 2.24) is 4.57 Å². The third-order valence-electron chi connectivity index (χ3n) is 4.27. The molecule has 0 bridgehead atoms. The van der Waals surface area contributed by atoms with E-state index in [2.05, 4.69) is 5.11 Å². The van der Waals surface area contributed by atoms with Crippen LogP contribution in [-0.4, -0.2) is 28.4 Å². The Kier molecular flexibility index (Phi) is 5.56. The Hall–Kier alpha value is -3.45. The van der Waals surface area contributed by atoms with Crippen molar-refractivity contribution in [2.24, 2.45) is 5.11 Å². The van der Waals surface area contributed by atoms with Crippen LogP contribution in [0.25, 0.3) is 16.7 Å². The monoisotopic (exact) mass is 396 g/mol. The molecule has 3 rings (SSSR count). The van der Waals surface area contributed by atoms with E-state index in [-0.39, 0.29) is 5.76 Å². The number of carbonyl (C=O) groups is 1. The molecule has 1 heterocycles. The number of aliphatic hydroxyl groups is 1. The molecule has 0 aliphatic carbocycles. The van der Waals surface area contributed by atoms with E-state index in [1.807, 2.05) is 34.9 Å². The molecule has 3 aromatic rings. The van der Waals surface area contributed by atoms with E-state index in [0.29, 0.717) is 22.5 Å². The maximum Gasteiger partial charge on any atom is 0.228 e. The maximum absolute atomic E-state index is 11.8. The third kappa shape index (κ3) is 3.79. The van der Waals surface area contributed by atoms with Crippen LogP contribution in [0.5, 0.6) is 5.75 Å². The molecule has 0 fully saturated rings. The molecule has 2 aromatic carbocycles. The van der Waals surface area contributed by atoms with Crippen molar-refractivity contribution < 1.29 is 14.6 Å². The standard InChI is InChI=1S/C20H17ClN4O3/c1-28-19-5-3-2-4-12(19)10-25-11-15(14-8-13(21)6-7-16(14)25)17(26)9-18(27)20(22)24-23/h2-9,11,22-23,26H,10H2,1H3. The second-order valence-corrected chi connectivity index (χ2v) is 6.43. The van der Waals surface area contributed by atoms with Gasteiger partial charge >= 0.3 is 0 Å². The van der Waals surface area contributed by atoms with E-state index in [1.54, 1.807) is 25.4 Å². The van der Waals surface area contributed by atoms with Gasteiger partial charge in [-0.25, -0.2) is 5.53 Å². The van der Waals surface area contributed by atoms with Crippen LogP contribution in [0.4, 0.5) is 0 Å². The minimum absolute atomic E-state index is 0.329. The molecule has 7 nitrogen and oxygen atoms in total. The highest BCUT2D eigenvalue weighted by Crippen LogP contribution is 2.30. The van der Waals surface area contributed by atoms with E-state index in [9.17, 15) is 9.90 Å². The first-order chi connectivity index (χ1) is 13.4. The van der Waals surface area contributed by atoms with Crippen LogP contribution in [-0.2, 0) is 11.3 Å². The number of carbonyl (C=O) groups excluding carboxylic acids is 1. The quantitative estimate of drug-likeness (QED) is 0.182. The Labute approximate surface area is 165 Å². The third-order valence-corrected chi connectivity index (χ3v) is 4.50. The van der Waals surface area contributed by atoms with Gasteiger partial charge in [-0.05, 0) is 24.3 Å². The first kappa shape index (κ1) is 19.3. The second-order valence-electron chi connectivity index (χ2n) is 6.00. The minimum atomic E-state index is -0.861. The first-order valence-corrected chi connectivity index (χ1v) is 8.64. The minimum Gasteiger partial charge on any atom is -0.507 e. The Balaban J connectivity index is 2.11. The lowest BCUT2D eigenvalue weighted by Crippen LogP contribution is -2.06. The van der Waals surface area contributed by atoms with Gasteiger partial charge in [0.15, 0.2) is 0 Å². The van der Waals surface area contributed by atoms with Gasteiger partial charge in [0.1, 0.15) is 11.5 Å². The zero-order valence-corrected chi connectivity index (χ0v) is 15.7. The molecule has 0 saturated heterocycles. The molecule has 0 atom stereocenters. The van der Waals surface area contributed by atoms with Gasteiger partial charge in [0.05, 0.1) is 13.7 Å². The van der Waals surface area contributed by atoms with Crippen LogP contribution in [0.3, 0.4) is 0 Å². The smallest absolute Gasteiger partial charge is 0.228 e. The number of rotatable bonds is 6. The summed E-state index contributed by atoms with van der Waals surface area (Å²) in [7, 11) is 1.60. The summed E-state index contributed by atoms with van der Waals surface area (Å²) in [6, 6.07) is 12.9. The van der Waals surface area contributed by atoms with E-state index in [4.69, 9.17) is 27.3 Å². The van der Waals surface area contributed by atoms with Crippen molar-refractivity contribution in [2.75, 3.05) is 7.11 Å². The number of hydrogen-bond acceptors (Lipinski definition) is 5.